The lowest BCUT2D eigenvalue weighted by Gasteiger charge is -2.09. The lowest BCUT2D eigenvalue weighted by atomic mass is 10.2. The van der Waals surface area contributed by atoms with E-state index in [9.17, 15) is 20.0 Å². The molecule has 3 aromatic rings. The molecule has 0 bridgehead atoms. The molecule has 0 aliphatic rings. The number of halogens is 1. The molecule has 1 aromatic heterocycles. The van der Waals surface area contributed by atoms with Gasteiger partial charge in [0.15, 0.2) is 11.0 Å². The van der Waals surface area contributed by atoms with E-state index >= 15 is 0 Å². The minimum Gasteiger partial charge on any atom is -0.507 e. The first-order valence-electron chi connectivity index (χ1n) is 8.48. The minimum atomic E-state index is -0.548. The molecular weight excluding hydrogens is 462 g/mol. The fourth-order valence-corrected chi connectivity index (χ4v) is 3.79. The van der Waals surface area contributed by atoms with Gasteiger partial charge in [-0.2, -0.15) is 0 Å². The number of carbonyl (C=O) groups excluding carboxylic acids is 1. The van der Waals surface area contributed by atoms with Gasteiger partial charge in [-0.1, -0.05) is 39.8 Å². The number of hydrogen-bond acceptors (Lipinski definition) is 7. The molecule has 0 radical (unpaired) electrons. The van der Waals surface area contributed by atoms with Crippen molar-refractivity contribution < 1.29 is 14.8 Å². The van der Waals surface area contributed by atoms with E-state index in [4.69, 9.17) is 0 Å². The van der Waals surface area contributed by atoms with Crippen molar-refractivity contribution in [1.82, 2.24) is 14.8 Å². The number of amides is 1. The van der Waals surface area contributed by atoms with Crippen LogP contribution in [-0.4, -0.2) is 36.5 Å². The fraction of sp³-hybridized carbons (Fsp3) is 0.167. The first kappa shape index (κ1) is 20.8. The summed E-state index contributed by atoms with van der Waals surface area (Å²) in [5.74, 6) is 0.143. The Morgan fingerprint density at radius 1 is 1.31 bits per heavy atom. The van der Waals surface area contributed by atoms with Crippen LogP contribution in [0.25, 0.3) is 11.4 Å². The minimum absolute atomic E-state index is 0.00531. The van der Waals surface area contributed by atoms with Crippen molar-refractivity contribution in [2.24, 2.45) is 0 Å². The van der Waals surface area contributed by atoms with Gasteiger partial charge in [-0.3, -0.25) is 14.9 Å². The third kappa shape index (κ3) is 4.74. The Hall–Kier alpha value is -2.92. The molecular formula is C18H16BrN5O4S. The highest BCUT2D eigenvalue weighted by atomic mass is 79.9. The van der Waals surface area contributed by atoms with Crippen LogP contribution in [0.3, 0.4) is 0 Å². The van der Waals surface area contributed by atoms with Gasteiger partial charge in [0.1, 0.15) is 11.4 Å². The monoisotopic (exact) mass is 477 g/mol. The van der Waals surface area contributed by atoms with Crippen molar-refractivity contribution in [3.8, 4) is 17.1 Å². The maximum absolute atomic E-state index is 12.3. The maximum Gasteiger partial charge on any atom is 0.292 e. The summed E-state index contributed by atoms with van der Waals surface area (Å²) in [6.45, 7) is 2.43. The molecule has 0 saturated heterocycles. The number of aromatic nitrogens is 3. The Morgan fingerprint density at radius 2 is 2.07 bits per heavy atom. The second kappa shape index (κ2) is 9.05. The van der Waals surface area contributed by atoms with E-state index in [1.54, 1.807) is 28.8 Å². The highest BCUT2D eigenvalue weighted by molar-refractivity contribution is 9.10. The summed E-state index contributed by atoms with van der Waals surface area (Å²) < 4.78 is 2.57. The molecule has 0 unspecified atom stereocenters. The zero-order valence-electron chi connectivity index (χ0n) is 15.2. The average molecular weight is 478 g/mol. The molecule has 0 aliphatic carbocycles. The molecule has 0 saturated carbocycles. The van der Waals surface area contributed by atoms with Crippen molar-refractivity contribution in [3.63, 3.8) is 0 Å². The number of rotatable bonds is 7. The quantitative estimate of drug-likeness (QED) is 0.298. The van der Waals surface area contributed by atoms with Crippen LogP contribution in [0, 0.1) is 10.1 Å². The Kier molecular flexibility index (Phi) is 6.49. The fourth-order valence-electron chi connectivity index (χ4n) is 2.62. The number of phenols is 1. The summed E-state index contributed by atoms with van der Waals surface area (Å²) in [5, 5.41) is 32.5. The highest BCUT2D eigenvalue weighted by Gasteiger charge is 2.19. The van der Waals surface area contributed by atoms with E-state index in [1.165, 1.54) is 18.2 Å². The number of carbonyl (C=O) groups is 1. The number of benzene rings is 2. The summed E-state index contributed by atoms with van der Waals surface area (Å²) in [7, 11) is 0. The Balaban J connectivity index is 1.75. The predicted octanol–water partition coefficient (Wildman–Crippen LogP) is 4.07. The van der Waals surface area contributed by atoms with Crippen LogP contribution in [0.4, 0.5) is 11.4 Å². The van der Waals surface area contributed by atoms with Gasteiger partial charge in [0.05, 0.1) is 16.2 Å². The standard InChI is InChI=1S/C18H16BrN5O4S/c1-2-23-17(12-9-11(19)7-8-15(12)25)21-22-18(23)29-10-16(26)20-13-5-3-4-6-14(13)24(27)28/h3-9,25H,2,10H2,1H3,(H,20,26). The topological polar surface area (TPSA) is 123 Å². The van der Waals surface area contributed by atoms with E-state index < -0.39 is 10.8 Å². The molecule has 11 heteroatoms. The molecule has 0 fully saturated rings. The van der Waals surface area contributed by atoms with Gasteiger partial charge in [0.2, 0.25) is 5.91 Å². The first-order valence-corrected chi connectivity index (χ1v) is 10.3. The summed E-state index contributed by atoms with van der Waals surface area (Å²) in [6.07, 6.45) is 0. The van der Waals surface area contributed by atoms with Crippen LogP contribution in [0.5, 0.6) is 5.75 Å². The van der Waals surface area contributed by atoms with E-state index in [0.29, 0.717) is 23.1 Å². The molecule has 2 N–H and O–H groups in total. The Bertz CT molecular complexity index is 1070. The van der Waals surface area contributed by atoms with Gasteiger partial charge < -0.3 is 15.0 Å². The van der Waals surface area contributed by atoms with Crippen molar-refractivity contribution in [3.05, 3.63) is 57.1 Å². The predicted molar refractivity (Wildman–Crippen MR) is 113 cm³/mol. The van der Waals surface area contributed by atoms with Gasteiger partial charge in [-0.05, 0) is 31.2 Å². The van der Waals surface area contributed by atoms with Crippen molar-refractivity contribution in [2.75, 3.05) is 11.1 Å². The summed E-state index contributed by atoms with van der Waals surface area (Å²) in [4.78, 5) is 22.8. The number of para-hydroxylation sites is 2. The number of nitrogens with zero attached hydrogens (tertiary/aromatic N) is 4. The molecule has 0 aliphatic heterocycles. The second-order valence-corrected chi connectivity index (χ2v) is 7.68. The molecule has 29 heavy (non-hydrogen) atoms. The largest absolute Gasteiger partial charge is 0.507 e. The molecule has 150 valence electrons. The molecule has 0 spiro atoms. The number of aromatic hydroxyl groups is 1. The van der Waals surface area contributed by atoms with Crippen LogP contribution in [0.1, 0.15) is 6.92 Å². The third-order valence-corrected chi connectivity index (χ3v) is 5.40. The van der Waals surface area contributed by atoms with Crippen LogP contribution >= 0.6 is 27.7 Å². The van der Waals surface area contributed by atoms with Gasteiger partial charge >= 0.3 is 0 Å². The van der Waals surface area contributed by atoms with Crippen LogP contribution in [0.2, 0.25) is 0 Å². The molecule has 0 atom stereocenters. The van der Waals surface area contributed by atoms with Gasteiger partial charge in [0.25, 0.3) is 5.69 Å². The molecule has 1 heterocycles. The Labute approximate surface area is 178 Å². The zero-order chi connectivity index (χ0) is 21.0. The summed E-state index contributed by atoms with van der Waals surface area (Å²) in [6, 6.07) is 11.0. The Morgan fingerprint density at radius 3 is 2.79 bits per heavy atom. The first-order chi connectivity index (χ1) is 13.9. The van der Waals surface area contributed by atoms with Gasteiger partial charge in [-0.25, -0.2) is 0 Å². The SMILES string of the molecule is CCn1c(SCC(=O)Nc2ccccc2[N+](=O)[O-])nnc1-c1cc(Br)ccc1O. The van der Waals surface area contributed by atoms with E-state index in [1.807, 2.05) is 6.92 Å². The van der Waals surface area contributed by atoms with Crippen molar-refractivity contribution >= 4 is 45.0 Å². The molecule has 9 nitrogen and oxygen atoms in total. The van der Waals surface area contributed by atoms with Crippen molar-refractivity contribution in [2.45, 2.75) is 18.6 Å². The number of thioether (sulfide) groups is 1. The molecule has 3 rings (SSSR count). The number of nitro groups is 1. The number of nitro benzene ring substituents is 1. The number of nitrogens with one attached hydrogen (secondary N) is 1. The van der Waals surface area contributed by atoms with Gasteiger partial charge in [-0.15, -0.1) is 10.2 Å². The van der Waals surface area contributed by atoms with E-state index in [-0.39, 0.29) is 22.9 Å². The van der Waals surface area contributed by atoms with E-state index in [2.05, 4.69) is 31.4 Å². The van der Waals surface area contributed by atoms with Crippen molar-refractivity contribution in [1.29, 1.82) is 0 Å². The van der Waals surface area contributed by atoms with E-state index in [0.717, 1.165) is 16.2 Å². The highest BCUT2D eigenvalue weighted by Crippen LogP contribution is 2.32. The third-order valence-electron chi connectivity index (χ3n) is 3.94. The smallest absolute Gasteiger partial charge is 0.292 e. The second-order valence-electron chi connectivity index (χ2n) is 5.82. The zero-order valence-corrected chi connectivity index (χ0v) is 17.6. The average Bonchev–Trinajstić information content (AvgIpc) is 3.11. The summed E-state index contributed by atoms with van der Waals surface area (Å²) >= 11 is 4.52. The van der Waals surface area contributed by atoms with Crippen LogP contribution in [0.15, 0.2) is 52.1 Å². The van der Waals surface area contributed by atoms with Crippen LogP contribution < -0.4 is 5.32 Å². The van der Waals surface area contributed by atoms with Gasteiger partial charge in [0, 0.05) is 17.1 Å². The number of phenolic OH excluding ortho intramolecular Hbond substituents is 1. The summed E-state index contributed by atoms with van der Waals surface area (Å²) in [5.41, 5.74) is 0.486. The number of anilines is 1. The lowest BCUT2D eigenvalue weighted by molar-refractivity contribution is -0.383. The lowest BCUT2D eigenvalue weighted by Crippen LogP contribution is -2.15. The molecule has 2 aromatic carbocycles. The molecule has 1 amide bonds. The van der Waals surface area contributed by atoms with Crippen LogP contribution in [-0.2, 0) is 11.3 Å². The normalized spacial score (nSPS) is 10.7. The maximum atomic E-state index is 12.3. The number of hydrogen-bond donors (Lipinski definition) is 2.